The number of methoxy groups -OCH3 is 1. The van der Waals surface area contributed by atoms with Crippen LogP contribution in [0.25, 0.3) is 0 Å². The van der Waals surface area contributed by atoms with Gasteiger partial charge < -0.3 is 10.1 Å². The molecule has 0 atom stereocenters. The Morgan fingerprint density at radius 3 is 2.86 bits per heavy atom. The number of aryl methyl sites for hydroxylation is 2. The molecule has 114 valence electrons. The van der Waals surface area contributed by atoms with Crippen molar-refractivity contribution in [1.82, 2.24) is 19.6 Å². The third-order valence-electron chi connectivity index (χ3n) is 3.08. The molecule has 0 bridgehead atoms. The van der Waals surface area contributed by atoms with Crippen LogP contribution in [-0.4, -0.2) is 33.3 Å². The van der Waals surface area contributed by atoms with Crippen LogP contribution in [-0.2, 0) is 24.9 Å². The van der Waals surface area contributed by atoms with E-state index in [4.69, 9.17) is 16.3 Å². The summed E-state index contributed by atoms with van der Waals surface area (Å²) in [5.74, 6) is 0. The summed E-state index contributed by atoms with van der Waals surface area (Å²) in [6.07, 6.45) is 3.47. The van der Waals surface area contributed by atoms with Gasteiger partial charge >= 0.3 is 0 Å². The molecular weight excluding hydrogens is 294 g/mol. The van der Waals surface area contributed by atoms with Crippen LogP contribution in [0.1, 0.15) is 11.3 Å². The summed E-state index contributed by atoms with van der Waals surface area (Å²) in [4.78, 5) is 12.0. The van der Waals surface area contributed by atoms with Gasteiger partial charge in [0.1, 0.15) is 5.02 Å². The SMILES string of the molecule is COCCn1ncc(NCc2cn(C)nc2C)c(Cl)c1=O. The highest BCUT2D eigenvalue weighted by Gasteiger charge is 2.10. The van der Waals surface area contributed by atoms with Crippen LogP contribution in [0, 0.1) is 6.92 Å². The highest BCUT2D eigenvalue weighted by Crippen LogP contribution is 2.17. The number of nitrogens with zero attached hydrogens (tertiary/aromatic N) is 4. The monoisotopic (exact) mass is 311 g/mol. The fraction of sp³-hybridized carbons (Fsp3) is 0.462. The number of hydrogen-bond acceptors (Lipinski definition) is 5. The first kappa shape index (κ1) is 15.5. The van der Waals surface area contributed by atoms with E-state index in [1.807, 2.05) is 20.2 Å². The first-order chi connectivity index (χ1) is 10.0. The average Bonchev–Trinajstić information content (AvgIpc) is 2.77. The molecule has 0 fully saturated rings. The molecule has 1 N–H and O–H groups in total. The molecule has 0 aromatic carbocycles. The molecule has 8 heteroatoms. The Balaban J connectivity index is 2.12. The van der Waals surface area contributed by atoms with Crippen molar-refractivity contribution in [2.75, 3.05) is 19.0 Å². The molecule has 0 spiro atoms. The number of nitrogens with one attached hydrogen (secondary N) is 1. The van der Waals surface area contributed by atoms with Gasteiger partial charge in [0.2, 0.25) is 0 Å². The van der Waals surface area contributed by atoms with Gasteiger partial charge in [0, 0.05) is 32.5 Å². The quantitative estimate of drug-likeness (QED) is 0.867. The maximum absolute atomic E-state index is 12.0. The first-order valence-electron chi connectivity index (χ1n) is 6.50. The van der Waals surface area contributed by atoms with Gasteiger partial charge in [-0.1, -0.05) is 11.6 Å². The largest absolute Gasteiger partial charge is 0.383 e. The average molecular weight is 312 g/mol. The summed E-state index contributed by atoms with van der Waals surface area (Å²) < 4.78 is 7.95. The van der Waals surface area contributed by atoms with E-state index in [-0.39, 0.29) is 10.6 Å². The van der Waals surface area contributed by atoms with Gasteiger partial charge in [-0.15, -0.1) is 0 Å². The summed E-state index contributed by atoms with van der Waals surface area (Å²) in [5.41, 5.74) is 2.15. The van der Waals surface area contributed by atoms with E-state index in [0.717, 1.165) is 11.3 Å². The van der Waals surface area contributed by atoms with Crippen molar-refractivity contribution in [3.63, 3.8) is 0 Å². The van der Waals surface area contributed by atoms with Gasteiger partial charge in [-0.3, -0.25) is 9.48 Å². The molecule has 0 aliphatic rings. The van der Waals surface area contributed by atoms with Gasteiger partial charge in [0.25, 0.3) is 5.56 Å². The van der Waals surface area contributed by atoms with E-state index in [1.54, 1.807) is 18.0 Å². The lowest BCUT2D eigenvalue weighted by atomic mass is 10.2. The van der Waals surface area contributed by atoms with Crippen LogP contribution < -0.4 is 10.9 Å². The fourth-order valence-electron chi connectivity index (χ4n) is 1.94. The molecule has 0 unspecified atom stereocenters. The van der Waals surface area contributed by atoms with Gasteiger partial charge in [-0.25, -0.2) is 4.68 Å². The molecule has 2 aromatic rings. The van der Waals surface area contributed by atoms with Crippen molar-refractivity contribution in [2.24, 2.45) is 7.05 Å². The van der Waals surface area contributed by atoms with Crippen molar-refractivity contribution < 1.29 is 4.74 Å². The molecule has 0 aliphatic carbocycles. The fourth-order valence-corrected chi connectivity index (χ4v) is 2.15. The van der Waals surface area contributed by atoms with Crippen molar-refractivity contribution in [2.45, 2.75) is 20.0 Å². The Bertz CT molecular complexity index is 680. The zero-order valence-electron chi connectivity index (χ0n) is 12.3. The minimum absolute atomic E-state index is 0.127. The van der Waals surface area contributed by atoms with Crippen LogP contribution in [0.2, 0.25) is 5.02 Å². The molecule has 0 radical (unpaired) electrons. The zero-order valence-corrected chi connectivity index (χ0v) is 13.0. The molecular formula is C13H18ClN5O2. The molecule has 21 heavy (non-hydrogen) atoms. The van der Waals surface area contributed by atoms with Crippen LogP contribution in [0.5, 0.6) is 0 Å². The number of rotatable bonds is 6. The highest BCUT2D eigenvalue weighted by atomic mass is 35.5. The van der Waals surface area contributed by atoms with Crippen LogP contribution >= 0.6 is 11.6 Å². The summed E-state index contributed by atoms with van der Waals surface area (Å²) in [6.45, 7) is 3.24. The van der Waals surface area contributed by atoms with Gasteiger partial charge in [0.15, 0.2) is 0 Å². The Labute approximate surface area is 127 Å². The van der Waals surface area contributed by atoms with Crippen molar-refractivity contribution in [3.05, 3.63) is 39.0 Å². The first-order valence-corrected chi connectivity index (χ1v) is 6.88. The van der Waals surface area contributed by atoms with E-state index in [2.05, 4.69) is 15.5 Å². The standard InChI is InChI=1S/C13H18ClN5O2/c1-9-10(8-18(2)17-9)6-15-11-7-16-19(4-5-21-3)13(20)12(11)14/h7-8,15H,4-6H2,1-3H3. The van der Waals surface area contributed by atoms with Crippen molar-refractivity contribution in [1.29, 1.82) is 0 Å². The van der Waals surface area contributed by atoms with Crippen LogP contribution in [0.15, 0.2) is 17.2 Å². The zero-order chi connectivity index (χ0) is 15.4. The lowest BCUT2D eigenvalue weighted by molar-refractivity contribution is 0.182. The molecule has 0 saturated carbocycles. The van der Waals surface area contributed by atoms with E-state index < -0.39 is 0 Å². The second kappa shape index (κ2) is 6.73. The number of anilines is 1. The Hall–Kier alpha value is -1.86. The van der Waals surface area contributed by atoms with E-state index in [9.17, 15) is 4.79 Å². The molecule has 2 rings (SSSR count). The highest BCUT2D eigenvalue weighted by molar-refractivity contribution is 6.32. The number of ether oxygens (including phenoxy) is 1. The summed E-state index contributed by atoms with van der Waals surface area (Å²) in [6, 6.07) is 0. The van der Waals surface area contributed by atoms with Crippen molar-refractivity contribution in [3.8, 4) is 0 Å². The third kappa shape index (κ3) is 3.62. The Morgan fingerprint density at radius 1 is 1.48 bits per heavy atom. The van der Waals surface area contributed by atoms with E-state index in [1.165, 1.54) is 4.68 Å². The van der Waals surface area contributed by atoms with Gasteiger partial charge in [-0.05, 0) is 6.92 Å². The molecule has 0 amide bonds. The maximum Gasteiger partial charge on any atom is 0.287 e. The predicted molar refractivity (Wildman–Crippen MR) is 80.7 cm³/mol. The molecule has 7 nitrogen and oxygen atoms in total. The van der Waals surface area contributed by atoms with E-state index >= 15 is 0 Å². The minimum atomic E-state index is -0.332. The summed E-state index contributed by atoms with van der Waals surface area (Å²) >= 11 is 6.09. The summed E-state index contributed by atoms with van der Waals surface area (Å²) in [7, 11) is 3.43. The maximum atomic E-state index is 12.0. The Morgan fingerprint density at radius 2 is 2.24 bits per heavy atom. The summed E-state index contributed by atoms with van der Waals surface area (Å²) in [5, 5.41) is 11.6. The topological polar surface area (TPSA) is 74.0 Å². The van der Waals surface area contributed by atoms with Crippen molar-refractivity contribution >= 4 is 17.3 Å². The minimum Gasteiger partial charge on any atom is -0.383 e. The molecule has 2 heterocycles. The number of halogens is 1. The number of hydrogen-bond donors (Lipinski definition) is 1. The predicted octanol–water partition coefficient (Wildman–Crippen LogP) is 1.20. The molecule has 0 aliphatic heterocycles. The normalized spacial score (nSPS) is 10.9. The lowest BCUT2D eigenvalue weighted by Crippen LogP contribution is -2.26. The third-order valence-corrected chi connectivity index (χ3v) is 3.44. The second-order valence-corrected chi connectivity index (χ2v) is 5.04. The molecule has 2 aromatic heterocycles. The number of aromatic nitrogens is 4. The molecule has 0 saturated heterocycles. The second-order valence-electron chi connectivity index (χ2n) is 4.66. The lowest BCUT2D eigenvalue weighted by Gasteiger charge is -2.09. The Kier molecular flexibility index (Phi) is 4.98. The van der Waals surface area contributed by atoms with Crippen LogP contribution in [0.4, 0.5) is 5.69 Å². The van der Waals surface area contributed by atoms with Gasteiger partial charge in [0.05, 0.1) is 30.7 Å². The smallest absolute Gasteiger partial charge is 0.287 e. The van der Waals surface area contributed by atoms with Crippen LogP contribution in [0.3, 0.4) is 0 Å². The van der Waals surface area contributed by atoms with E-state index in [0.29, 0.717) is 25.4 Å². The van der Waals surface area contributed by atoms with Gasteiger partial charge in [-0.2, -0.15) is 10.2 Å².